The number of anilines is 1. The number of aryl methyl sites for hydroxylation is 2. The second kappa shape index (κ2) is 10.00. The van der Waals surface area contributed by atoms with E-state index in [1.165, 1.54) is 6.07 Å². The standard InChI is InChI=1S/C26H24F2N4O2.C2H4O2/c1-14-25(15(2)34-30-14)16-6-9-22-21(12-16)29-26(32(22)17-4-3-5-17)23-10-11-24(33)31(23)18-7-8-19(27)20(28)13-18;1-2(3)4/h6-9,12-13,17,23H,3-5,10-11H2,1-2H3;1H3,(H,3,4)/t23-;/m0./s1. The average molecular weight is 523 g/mol. The van der Waals surface area contributed by atoms with E-state index in [0.717, 1.165) is 77.8 Å². The van der Waals surface area contributed by atoms with E-state index < -0.39 is 17.6 Å². The molecule has 0 spiro atoms. The van der Waals surface area contributed by atoms with Gasteiger partial charge in [0, 0.05) is 36.7 Å². The molecule has 3 heterocycles. The van der Waals surface area contributed by atoms with Crippen LogP contribution >= 0.6 is 0 Å². The topological polar surface area (TPSA) is 101 Å². The molecule has 1 aliphatic carbocycles. The second-order valence-electron chi connectivity index (χ2n) is 9.76. The third-order valence-corrected chi connectivity index (χ3v) is 7.17. The Balaban J connectivity index is 0.000000689. The third kappa shape index (κ3) is 4.55. The van der Waals surface area contributed by atoms with Gasteiger partial charge in [-0.2, -0.15) is 0 Å². The van der Waals surface area contributed by atoms with Crippen LogP contribution in [0.4, 0.5) is 14.5 Å². The van der Waals surface area contributed by atoms with Crippen LogP contribution in [0, 0.1) is 25.5 Å². The van der Waals surface area contributed by atoms with Crippen molar-refractivity contribution in [2.24, 2.45) is 0 Å². The molecule has 38 heavy (non-hydrogen) atoms. The van der Waals surface area contributed by atoms with Crippen LogP contribution in [0.15, 0.2) is 40.9 Å². The fourth-order valence-corrected chi connectivity index (χ4v) is 5.32. The molecule has 1 saturated heterocycles. The zero-order chi connectivity index (χ0) is 27.1. The molecular weight excluding hydrogens is 494 g/mol. The lowest BCUT2D eigenvalue weighted by atomic mass is 9.92. The number of rotatable bonds is 4. The van der Waals surface area contributed by atoms with Gasteiger partial charge in [0.1, 0.15) is 11.6 Å². The minimum Gasteiger partial charge on any atom is -0.481 e. The van der Waals surface area contributed by atoms with E-state index in [9.17, 15) is 13.6 Å². The van der Waals surface area contributed by atoms with E-state index >= 15 is 0 Å². The maximum absolute atomic E-state index is 14.0. The summed E-state index contributed by atoms with van der Waals surface area (Å²) in [6.07, 6.45) is 4.16. The monoisotopic (exact) mass is 522 g/mol. The van der Waals surface area contributed by atoms with Gasteiger partial charge in [-0.3, -0.25) is 9.59 Å². The van der Waals surface area contributed by atoms with Crippen LogP contribution in [0.3, 0.4) is 0 Å². The Morgan fingerprint density at radius 1 is 1.08 bits per heavy atom. The summed E-state index contributed by atoms with van der Waals surface area (Å²) >= 11 is 0. The Morgan fingerprint density at radius 3 is 2.42 bits per heavy atom. The lowest BCUT2D eigenvalue weighted by Crippen LogP contribution is -2.31. The Kier molecular flexibility index (Phi) is 6.73. The number of aromatic nitrogens is 3. The van der Waals surface area contributed by atoms with Gasteiger partial charge in [-0.25, -0.2) is 13.8 Å². The van der Waals surface area contributed by atoms with Crippen LogP contribution in [0.1, 0.15) is 68.4 Å². The average Bonchev–Trinajstić information content (AvgIpc) is 3.49. The Bertz CT molecular complexity index is 1520. The molecule has 2 aliphatic rings. The first-order valence-corrected chi connectivity index (χ1v) is 12.6. The van der Waals surface area contributed by atoms with Crippen LogP contribution in [-0.4, -0.2) is 31.7 Å². The van der Waals surface area contributed by atoms with Gasteiger partial charge in [-0.05, 0) is 69.4 Å². The van der Waals surface area contributed by atoms with Gasteiger partial charge in [0.05, 0.1) is 22.8 Å². The minimum atomic E-state index is -0.965. The molecular formula is C28H28F2N4O4. The molecule has 0 unspecified atom stereocenters. The van der Waals surface area contributed by atoms with E-state index in [2.05, 4.69) is 21.9 Å². The van der Waals surface area contributed by atoms with Crippen molar-refractivity contribution in [1.29, 1.82) is 0 Å². The fraction of sp³-hybridized carbons (Fsp3) is 0.357. The predicted molar refractivity (Wildman–Crippen MR) is 137 cm³/mol. The summed E-state index contributed by atoms with van der Waals surface area (Å²) < 4.78 is 35.2. The maximum atomic E-state index is 14.0. The number of nitrogens with zero attached hydrogens (tertiary/aromatic N) is 4. The lowest BCUT2D eigenvalue weighted by molar-refractivity contribution is -0.134. The largest absolute Gasteiger partial charge is 0.481 e. The molecule has 8 nitrogen and oxygen atoms in total. The van der Waals surface area contributed by atoms with Gasteiger partial charge in [0.25, 0.3) is 5.97 Å². The quantitative estimate of drug-likeness (QED) is 0.339. The SMILES string of the molecule is CC(=O)O.Cc1noc(C)c1-c1ccc2c(c1)nc([C@@H]1CCC(=O)N1c1ccc(F)c(F)c1)n2C1CCC1. The van der Waals surface area contributed by atoms with Crippen LogP contribution in [-0.2, 0) is 9.59 Å². The summed E-state index contributed by atoms with van der Waals surface area (Å²) in [7, 11) is 0. The molecule has 2 aromatic heterocycles. The number of fused-ring (bicyclic) bond motifs is 1. The number of carboxylic acids is 1. The van der Waals surface area contributed by atoms with Gasteiger partial charge in [-0.1, -0.05) is 11.2 Å². The smallest absolute Gasteiger partial charge is 0.300 e. The summed E-state index contributed by atoms with van der Waals surface area (Å²) in [5.41, 5.74) is 4.97. The number of imidazole rings is 1. The summed E-state index contributed by atoms with van der Waals surface area (Å²) in [4.78, 5) is 28.5. The van der Waals surface area contributed by atoms with Gasteiger partial charge in [-0.15, -0.1) is 0 Å². The summed E-state index contributed by atoms with van der Waals surface area (Å²) in [6, 6.07) is 9.77. The van der Waals surface area contributed by atoms with E-state index in [-0.39, 0.29) is 11.9 Å². The van der Waals surface area contributed by atoms with Crippen molar-refractivity contribution >= 4 is 28.6 Å². The highest BCUT2D eigenvalue weighted by atomic mass is 19.2. The molecule has 0 radical (unpaired) electrons. The molecule has 10 heteroatoms. The normalized spacial score (nSPS) is 17.4. The van der Waals surface area contributed by atoms with E-state index in [4.69, 9.17) is 19.4 Å². The Hall–Kier alpha value is -4.08. The molecule has 1 N–H and O–H groups in total. The van der Waals surface area contributed by atoms with E-state index in [0.29, 0.717) is 24.6 Å². The Labute approximate surface area is 217 Å². The lowest BCUT2D eigenvalue weighted by Gasteiger charge is -2.32. The molecule has 2 fully saturated rings. The highest BCUT2D eigenvalue weighted by Crippen LogP contribution is 2.43. The minimum absolute atomic E-state index is 0.111. The third-order valence-electron chi connectivity index (χ3n) is 7.17. The maximum Gasteiger partial charge on any atom is 0.300 e. The van der Waals surface area contributed by atoms with Crippen LogP contribution < -0.4 is 4.90 Å². The second-order valence-corrected chi connectivity index (χ2v) is 9.76. The first-order chi connectivity index (χ1) is 18.2. The number of hydrogen-bond acceptors (Lipinski definition) is 5. The first kappa shape index (κ1) is 25.6. The van der Waals surface area contributed by atoms with Crippen molar-refractivity contribution in [3.63, 3.8) is 0 Å². The van der Waals surface area contributed by atoms with Crippen molar-refractivity contribution in [3.05, 3.63) is 65.3 Å². The van der Waals surface area contributed by atoms with Crippen LogP contribution in [0.5, 0.6) is 0 Å². The zero-order valence-electron chi connectivity index (χ0n) is 21.4. The molecule has 1 saturated carbocycles. The summed E-state index contributed by atoms with van der Waals surface area (Å²) in [6.45, 7) is 4.89. The number of amides is 1. The van der Waals surface area contributed by atoms with Crippen molar-refractivity contribution in [2.75, 3.05) is 4.90 Å². The van der Waals surface area contributed by atoms with Gasteiger partial charge >= 0.3 is 0 Å². The highest BCUT2D eigenvalue weighted by Gasteiger charge is 2.38. The van der Waals surface area contributed by atoms with Crippen LogP contribution in [0.25, 0.3) is 22.2 Å². The molecule has 198 valence electrons. The number of hydrogen-bond donors (Lipinski definition) is 1. The van der Waals surface area contributed by atoms with E-state index in [1.54, 1.807) is 4.90 Å². The molecule has 1 aliphatic heterocycles. The summed E-state index contributed by atoms with van der Waals surface area (Å²) in [5, 5.41) is 11.5. The number of benzene rings is 2. The molecule has 6 rings (SSSR count). The number of carbonyl (C=O) groups excluding carboxylic acids is 1. The van der Waals surface area contributed by atoms with Crippen molar-refractivity contribution in [3.8, 4) is 11.1 Å². The molecule has 1 amide bonds. The molecule has 4 aromatic rings. The zero-order valence-corrected chi connectivity index (χ0v) is 21.4. The van der Waals surface area contributed by atoms with Crippen molar-refractivity contribution in [1.82, 2.24) is 14.7 Å². The number of halogens is 2. The molecule has 1 atom stereocenters. The van der Waals surface area contributed by atoms with Gasteiger partial charge in [0.15, 0.2) is 11.6 Å². The fourth-order valence-electron chi connectivity index (χ4n) is 5.32. The molecule has 0 bridgehead atoms. The summed E-state index contributed by atoms with van der Waals surface area (Å²) in [5.74, 6) is -1.29. The van der Waals surface area contributed by atoms with Gasteiger partial charge < -0.3 is 19.1 Å². The van der Waals surface area contributed by atoms with Crippen LogP contribution in [0.2, 0.25) is 0 Å². The number of carboxylic acid groups (broad SMARTS) is 1. The van der Waals surface area contributed by atoms with E-state index in [1.807, 2.05) is 19.9 Å². The van der Waals surface area contributed by atoms with Crippen molar-refractivity contribution in [2.45, 2.75) is 65.0 Å². The molecule has 2 aromatic carbocycles. The number of carbonyl (C=O) groups is 2. The van der Waals surface area contributed by atoms with Crippen molar-refractivity contribution < 1.29 is 28.0 Å². The first-order valence-electron chi connectivity index (χ1n) is 12.6. The number of aliphatic carboxylic acids is 1. The Morgan fingerprint density at radius 2 is 1.82 bits per heavy atom. The highest BCUT2D eigenvalue weighted by molar-refractivity contribution is 5.96. The predicted octanol–water partition coefficient (Wildman–Crippen LogP) is 6.27. The van der Waals surface area contributed by atoms with Gasteiger partial charge in [0.2, 0.25) is 5.91 Å².